The topological polar surface area (TPSA) is 0 Å². The van der Waals surface area contributed by atoms with Crippen molar-refractivity contribution in [2.75, 3.05) is 0 Å². The predicted octanol–water partition coefficient (Wildman–Crippen LogP) is -2.46. The summed E-state index contributed by atoms with van der Waals surface area (Å²) in [5, 5.41) is 0. The van der Waals surface area contributed by atoms with Gasteiger partial charge in [0.2, 0.25) is 0 Å². The Morgan fingerprint density at radius 3 is 0.375 bits per heavy atom. The summed E-state index contributed by atoms with van der Waals surface area (Å²) in [6.45, 7) is 0. The van der Waals surface area contributed by atoms with Crippen molar-refractivity contribution in [2.45, 2.75) is 0 Å². The van der Waals surface area contributed by atoms with Crippen LogP contribution in [0.5, 0.6) is 0 Å². The molecular weight excluding hydrogens is 259 g/mol. The standard InChI is InChI=1S/6FH.Na.Sb/h6*1H;;/q;;;;;;+1;. The Kier molecular flexibility index (Phi) is 9970. The summed E-state index contributed by atoms with van der Waals surface area (Å²) in [5.41, 5.74) is 0. The van der Waals surface area contributed by atoms with Gasteiger partial charge in [0.15, 0.2) is 0 Å². The van der Waals surface area contributed by atoms with Gasteiger partial charge < -0.3 is 0 Å². The maximum absolute atomic E-state index is 0. The molecule has 0 nitrogen and oxygen atoms in total. The van der Waals surface area contributed by atoms with E-state index >= 15 is 0 Å². The summed E-state index contributed by atoms with van der Waals surface area (Å²) < 4.78 is 0. The van der Waals surface area contributed by atoms with Gasteiger partial charge in [-0.2, -0.15) is 0 Å². The Hall–Kier alpha value is 1.40. The quantitative estimate of drug-likeness (QED) is 0.336. The molecule has 0 saturated carbocycles. The Labute approximate surface area is 81.7 Å². The zero-order valence-electron chi connectivity index (χ0n) is 3.90. The summed E-state index contributed by atoms with van der Waals surface area (Å²) in [4.78, 5) is 0. The Balaban J connectivity index is 0. The first-order valence-electron chi connectivity index (χ1n) is 0. The van der Waals surface area contributed by atoms with E-state index in [1.54, 1.807) is 0 Å². The van der Waals surface area contributed by atoms with E-state index in [1.807, 2.05) is 0 Å². The SMILES string of the molecule is F.F.F.F.F.F.[Na+].[Sb]. The molecule has 0 spiro atoms. The van der Waals surface area contributed by atoms with Crippen molar-refractivity contribution in [3.05, 3.63) is 0 Å². The molecule has 3 radical (unpaired) electrons. The molecule has 0 aliphatic carbocycles. The molecule has 0 bridgehead atoms. The monoisotopic (exact) mass is 264 g/mol. The Morgan fingerprint density at radius 1 is 0.375 bits per heavy atom. The van der Waals surface area contributed by atoms with Crippen LogP contribution >= 0.6 is 0 Å². The van der Waals surface area contributed by atoms with Crippen LogP contribution in [0.4, 0.5) is 28.2 Å². The minimum atomic E-state index is 0. The van der Waals surface area contributed by atoms with E-state index in [-0.39, 0.29) is 82.2 Å². The van der Waals surface area contributed by atoms with E-state index in [4.69, 9.17) is 0 Å². The van der Waals surface area contributed by atoms with E-state index in [9.17, 15) is 0 Å². The summed E-state index contributed by atoms with van der Waals surface area (Å²) in [6.07, 6.45) is 0. The second-order valence-electron chi connectivity index (χ2n) is 0. The van der Waals surface area contributed by atoms with Gasteiger partial charge in [0.1, 0.15) is 0 Å². The third kappa shape index (κ3) is 155. The van der Waals surface area contributed by atoms with Crippen LogP contribution in [0.1, 0.15) is 0 Å². The number of halogens is 6. The van der Waals surface area contributed by atoms with Crippen LogP contribution in [-0.2, 0) is 0 Å². The first-order valence-corrected chi connectivity index (χ1v) is 0. The maximum atomic E-state index is 0. The molecule has 0 heterocycles. The average Bonchev–Trinajstić information content (AvgIpc) is 0. The predicted molar refractivity (Wildman–Crippen MR) is 20.8 cm³/mol. The fourth-order valence-electron chi connectivity index (χ4n) is 0. The van der Waals surface area contributed by atoms with Crippen LogP contribution in [-0.4, -0.2) is 24.4 Å². The van der Waals surface area contributed by atoms with Gasteiger partial charge in [0.25, 0.3) is 0 Å². The fraction of sp³-hybridized carbons (Fsp3) is 0. The van der Waals surface area contributed by atoms with Crippen LogP contribution in [0.3, 0.4) is 0 Å². The minimum Gasteiger partial charge on any atom is -0.269 e. The molecule has 0 unspecified atom stereocenters. The van der Waals surface area contributed by atoms with E-state index in [2.05, 4.69) is 0 Å². The number of hydrogen-bond acceptors (Lipinski definition) is 0. The van der Waals surface area contributed by atoms with Crippen LogP contribution in [0.15, 0.2) is 0 Å². The molecule has 0 aromatic carbocycles. The molecule has 0 atom stereocenters. The van der Waals surface area contributed by atoms with Crippen molar-refractivity contribution in [3.8, 4) is 0 Å². The van der Waals surface area contributed by atoms with Gasteiger partial charge in [-0.3, -0.25) is 28.2 Å². The largest absolute Gasteiger partial charge is 1.00 e. The van der Waals surface area contributed by atoms with Crippen LogP contribution in [0, 0.1) is 0 Å². The molecule has 0 fully saturated rings. The Bertz CT molecular complexity index is 8.49. The molecule has 0 aromatic heterocycles. The van der Waals surface area contributed by atoms with Gasteiger partial charge in [-0.1, -0.05) is 0 Å². The molecule has 53 valence electrons. The molecule has 8 heteroatoms. The second-order valence-corrected chi connectivity index (χ2v) is 0. The van der Waals surface area contributed by atoms with Crippen molar-refractivity contribution in [1.29, 1.82) is 0 Å². The molecule has 0 N–H and O–H groups in total. The van der Waals surface area contributed by atoms with Crippen molar-refractivity contribution in [2.24, 2.45) is 0 Å². The molecule has 0 saturated heterocycles. The second kappa shape index (κ2) is 235. The summed E-state index contributed by atoms with van der Waals surface area (Å²) in [5.74, 6) is 0. The van der Waals surface area contributed by atoms with Crippen molar-refractivity contribution >= 4 is 24.4 Å². The van der Waals surface area contributed by atoms with E-state index in [0.717, 1.165) is 0 Å². The first kappa shape index (κ1) is 339. The van der Waals surface area contributed by atoms with Gasteiger partial charge in [-0.25, -0.2) is 0 Å². The van der Waals surface area contributed by atoms with E-state index in [1.165, 1.54) is 0 Å². The van der Waals surface area contributed by atoms with Crippen molar-refractivity contribution in [1.82, 2.24) is 0 Å². The average molecular weight is 265 g/mol. The number of rotatable bonds is 0. The molecule has 0 aromatic rings. The summed E-state index contributed by atoms with van der Waals surface area (Å²) >= 11 is 0. The van der Waals surface area contributed by atoms with Crippen LogP contribution < -0.4 is 29.6 Å². The van der Waals surface area contributed by atoms with E-state index in [0.29, 0.717) is 0 Å². The smallest absolute Gasteiger partial charge is 0.269 e. The third-order valence-electron chi connectivity index (χ3n) is 0. The molecular formula is H6F6NaSb+. The summed E-state index contributed by atoms with van der Waals surface area (Å²) in [7, 11) is 0. The summed E-state index contributed by atoms with van der Waals surface area (Å²) in [6, 6.07) is 0. The molecule has 0 aliphatic heterocycles. The molecule has 8 heavy (non-hydrogen) atoms. The minimum absolute atomic E-state index is 0. The first-order chi connectivity index (χ1) is 0. The maximum Gasteiger partial charge on any atom is 1.00 e. The fourth-order valence-corrected chi connectivity index (χ4v) is 0. The third-order valence-corrected chi connectivity index (χ3v) is 0. The van der Waals surface area contributed by atoms with Crippen LogP contribution in [0.2, 0.25) is 0 Å². The zero-order chi connectivity index (χ0) is 0. The number of hydrogen-bond donors (Lipinski definition) is 0. The van der Waals surface area contributed by atoms with E-state index < -0.39 is 0 Å². The van der Waals surface area contributed by atoms with Crippen molar-refractivity contribution < 1.29 is 57.8 Å². The van der Waals surface area contributed by atoms with Gasteiger partial charge in [0, 0.05) is 24.4 Å². The van der Waals surface area contributed by atoms with Gasteiger partial charge in [-0.15, -0.1) is 0 Å². The van der Waals surface area contributed by atoms with Crippen molar-refractivity contribution in [3.63, 3.8) is 0 Å². The molecule has 0 amide bonds. The Morgan fingerprint density at radius 2 is 0.375 bits per heavy atom. The normalized spacial score (nSPS) is 0. The zero-order valence-corrected chi connectivity index (χ0v) is 8.45. The van der Waals surface area contributed by atoms with Gasteiger partial charge >= 0.3 is 29.6 Å². The van der Waals surface area contributed by atoms with Gasteiger partial charge in [0.05, 0.1) is 0 Å². The molecule has 0 aliphatic rings. The molecule has 0 rings (SSSR count). The van der Waals surface area contributed by atoms with Gasteiger partial charge in [-0.05, 0) is 0 Å². The van der Waals surface area contributed by atoms with Crippen LogP contribution in [0.25, 0.3) is 0 Å².